The van der Waals surface area contributed by atoms with Crippen LogP contribution in [0.4, 0.5) is 15.8 Å². The Kier molecular flexibility index (Phi) is 6.26. The molecule has 1 aliphatic rings. The lowest BCUT2D eigenvalue weighted by Gasteiger charge is -2.18. The Morgan fingerprint density at radius 3 is 2.03 bits per heavy atom. The van der Waals surface area contributed by atoms with Crippen LogP contribution in [0, 0.1) is 11.7 Å². The minimum absolute atomic E-state index is 0.0260. The number of halogens is 1. The van der Waals surface area contributed by atoms with Crippen molar-refractivity contribution in [2.45, 2.75) is 18.9 Å². The van der Waals surface area contributed by atoms with E-state index in [9.17, 15) is 18.8 Å². The zero-order chi connectivity index (χ0) is 22.5. The maximum atomic E-state index is 13.1. The van der Waals surface area contributed by atoms with Gasteiger partial charge in [0.25, 0.3) is 5.91 Å². The Morgan fingerprint density at radius 2 is 1.41 bits per heavy atom. The van der Waals surface area contributed by atoms with Gasteiger partial charge in [-0.1, -0.05) is 30.3 Å². The van der Waals surface area contributed by atoms with Gasteiger partial charge in [-0.25, -0.2) is 9.18 Å². The molecule has 0 spiro atoms. The molecule has 0 saturated heterocycles. The average molecular weight is 432 g/mol. The molecule has 2 N–H and O–H groups in total. The number of hydrogen-bond acceptors (Lipinski definition) is 4. The predicted molar refractivity (Wildman–Crippen MR) is 117 cm³/mol. The van der Waals surface area contributed by atoms with E-state index in [4.69, 9.17) is 4.74 Å². The Morgan fingerprint density at radius 1 is 0.812 bits per heavy atom. The van der Waals surface area contributed by atoms with Gasteiger partial charge in [-0.05, 0) is 61.4 Å². The summed E-state index contributed by atoms with van der Waals surface area (Å²) >= 11 is 0. The van der Waals surface area contributed by atoms with E-state index in [2.05, 4.69) is 10.6 Å². The number of esters is 1. The summed E-state index contributed by atoms with van der Waals surface area (Å²) in [7, 11) is 0. The molecule has 7 heteroatoms. The number of hydrogen-bond donors (Lipinski definition) is 2. The molecule has 1 unspecified atom stereocenters. The van der Waals surface area contributed by atoms with E-state index in [0.29, 0.717) is 16.9 Å². The molecule has 0 aliphatic heterocycles. The van der Waals surface area contributed by atoms with Gasteiger partial charge in [-0.15, -0.1) is 0 Å². The Labute approximate surface area is 184 Å². The maximum absolute atomic E-state index is 13.1. The van der Waals surface area contributed by atoms with E-state index in [-0.39, 0.29) is 17.4 Å². The molecule has 162 valence electrons. The summed E-state index contributed by atoms with van der Waals surface area (Å²) < 4.78 is 18.7. The number of anilines is 2. The van der Waals surface area contributed by atoms with Gasteiger partial charge in [-0.3, -0.25) is 9.59 Å². The highest BCUT2D eigenvalue weighted by Gasteiger charge is 2.29. The Balaban J connectivity index is 1.47. The van der Waals surface area contributed by atoms with E-state index in [1.165, 1.54) is 36.4 Å². The number of nitrogens with one attached hydrogen (secondary N) is 2. The summed E-state index contributed by atoms with van der Waals surface area (Å²) in [6.07, 6.45) is 0.594. The highest BCUT2D eigenvalue weighted by atomic mass is 19.1. The molecule has 0 aromatic heterocycles. The van der Waals surface area contributed by atoms with Gasteiger partial charge in [0, 0.05) is 22.9 Å². The third kappa shape index (κ3) is 5.37. The van der Waals surface area contributed by atoms with Gasteiger partial charge in [0.05, 0.1) is 5.56 Å². The van der Waals surface area contributed by atoms with Crippen molar-refractivity contribution < 1.29 is 23.5 Å². The summed E-state index contributed by atoms with van der Waals surface area (Å²) in [5.41, 5.74) is 1.70. The van der Waals surface area contributed by atoms with Gasteiger partial charge in [0.15, 0.2) is 0 Å². The number of benzene rings is 3. The minimum Gasteiger partial charge on any atom is -0.444 e. The van der Waals surface area contributed by atoms with E-state index in [1.54, 1.807) is 42.5 Å². The molecule has 1 atom stereocenters. The fourth-order valence-corrected chi connectivity index (χ4v) is 3.10. The largest absolute Gasteiger partial charge is 0.444 e. The lowest BCUT2D eigenvalue weighted by atomic mass is 10.1. The van der Waals surface area contributed by atoms with Gasteiger partial charge >= 0.3 is 5.97 Å². The SMILES string of the molecule is O=C(OC(C(=O)Nc1ccc(F)cc1)c1ccccc1)c1ccc(NC(=O)C2CC2)cc1. The predicted octanol–water partition coefficient (Wildman–Crippen LogP) is 4.71. The van der Waals surface area contributed by atoms with Crippen molar-refractivity contribution in [3.63, 3.8) is 0 Å². The molecule has 1 aliphatic carbocycles. The molecule has 4 rings (SSSR count). The molecule has 3 aromatic carbocycles. The van der Waals surface area contributed by atoms with Crippen LogP contribution in [-0.2, 0) is 14.3 Å². The van der Waals surface area contributed by atoms with Gasteiger partial charge < -0.3 is 15.4 Å². The number of ether oxygens (including phenoxy) is 1. The normalized spacial score (nSPS) is 13.7. The molecular formula is C25H21FN2O4. The molecule has 2 amide bonds. The zero-order valence-corrected chi connectivity index (χ0v) is 17.1. The summed E-state index contributed by atoms with van der Waals surface area (Å²) in [5, 5.41) is 5.45. The van der Waals surface area contributed by atoms with Gasteiger partial charge in [0.2, 0.25) is 12.0 Å². The van der Waals surface area contributed by atoms with Crippen LogP contribution in [0.1, 0.15) is 34.9 Å². The van der Waals surface area contributed by atoms with Crippen LogP contribution < -0.4 is 10.6 Å². The molecule has 32 heavy (non-hydrogen) atoms. The van der Waals surface area contributed by atoms with Crippen LogP contribution in [0.25, 0.3) is 0 Å². The second-order valence-electron chi connectivity index (χ2n) is 7.53. The fourth-order valence-electron chi connectivity index (χ4n) is 3.10. The first-order chi connectivity index (χ1) is 15.5. The van der Waals surface area contributed by atoms with E-state index in [0.717, 1.165) is 12.8 Å². The summed E-state index contributed by atoms with van der Waals surface area (Å²) in [4.78, 5) is 37.5. The molecule has 1 saturated carbocycles. The summed E-state index contributed by atoms with van der Waals surface area (Å²) in [5.74, 6) is -1.63. The fraction of sp³-hybridized carbons (Fsp3) is 0.160. The van der Waals surface area contributed by atoms with Crippen LogP contribution in [0.3, 0.4) is 0 Å². The third-order valence-electron chi connectivity index (χ3n) is 5.01. The molecule has 1 fully saturated rings. The van der Waals surface area contributed by atoms with Crippen molar-refractivity contribution in [2.24, 2.45) is 5.92 Å². The number of carbonyl (C=O) groups excluding carboxylic acids is 3. The van der Waals surface area contributed by atoms with Crippen LogP contribution in [0.2, 0.25) is 0 Å². The summed E-state index contributed by atoms with van der Waals surface area (Å²) in [6, 6.07) is 20.2. The van der Waals surface area contributed by atoms with Crippen molar-refractivity contribution >= 4 is 29.2 Å². The summed E-state index contributed by atoms with van der Waals surface area (Å²) in [6.45, 7) is 0. The van der Waals surface area contributed by atoms with Crippen LogP contribution in [0.15, 0.2) is 78.9 Å². The molecule has 6 nitrogen and oxygen atoms in total. The molecule has 3 aromatic rings. The number of amides is 2. The minimum atomic E-state index is -1.21. The van der Waals surface area contributed by atoms with Crippen LogP contribution >= 0.6 is 0 Å². The molecule has 0 radical (unpaired) electrons. The maximum Gasteiger partial charge on any atom is 0.339 e. The number of rotatable bonds is 7. The first-order valence-electron chi connectivity index (χ1n) is 10.2. The number of carbonyl (C=O) groups is 3. The second kappa shape index (κ2) is 9.43. The molecule has 0 bridgehead atoms. The van der Waals surface area contributed by atoms with Crippen molar-refractivity contribution in [2.75, 3.05) is 10.6 Å². The van der Waals surface area contributed by atoms with E-state index < -0.39 is 23.8 Å². The van der Waals surface area contributed by atoms with E-state index >= 15 is 0 Å². The Bertz CT molecular complexity index is 1110. The van der Waals surface area contributed by atoms with Crippen molar-refractivity contribution in [1.82, 2.24) is 0 Å². The Hall–Kier alpha value is -4.00. The van der Waals surface area contributed by atoms with E-state index in [1.807, 2.05) is 0 Å². The monoisotopic (exact) mass is 432 g/mol. The smallest absolute Gasteiger partial charge is 0.339 e. The second-order valence-corrected chi connectivity index (χ2v) is 7.53. The van der Waals surface area contributed by atoms with Crippen molar-refractivity contribution in [3.05, 3.63) is 95.8 Å². The highest BCUT2D eigenvalue weighted by molar-refractivity contribution is 5.98. The zero-order valence-electron chi connectivity index (χ0n) is 17.1. The van der Waals surface area contributed by atoms with Gasteiger partial charge in [0.1, 0.15) is 5.82 Å². The van der Waals surface area contributed by atoms with Crippen molar-refractivity contribution in [1.29, 1.82) is 0 Å². The average Bonchev–Trinajstić information content (AvgIpc) is 3.65. The van der Waals surface area contributed by atoms with Crippen LogP contribution in [-0.4, -0.2) is 17.8 Å². The first-order valence-corrected chi connectivity index (χ1v) is 10.2. The molecular weight excluding hydrogens is 411 g/mol. The van der Waals surface area contributed by atoms with Crippen molar-refractivity contribution in [3.8, 4) is 0 Å². The standard InChI is InChI=1S/C25H21FN2O4/c26-19-10-14-21(15-11-19)28-24(30)22(16-4-2-1-3-5-16)32-25(31)18-8-12-20(13-9-18)27-23(29)17-6-7-17/h1-5,8-15,17,22H,6-7H2,(H,27,29)(H,28,30). The highest BCUT2D eigenvalue weighted by Crippen LogP contribution is 2.30. The third-order valence-corrected chi connectivity index (χ3v) is 5.01. The molecule has 0 heterocycles. The lowest BCUT2D eigenvalue weighted by Crippen LogP contribution is -2.26. The first kappa shape index (κ1) is 21.2. The topological polar surface area (TPSA) is 84.5 Å². The van der Waals surface area contributed by atoms with Crippen LogP contribution in [0.5, 0.6) is 0 Å². The quantitative estimate of drug-likeness (QED) is 0.530. The lowest BCUT2D eigenvalue weighted by molar-refractivity contribution is -0.125. The van der Waals surface area contributed by atoms with Gasteiger partial charge in [-0.2, -0.15) is 0 Å².